The molecule has 0 unspecified atom stereocenters. The lowest BCUT2D eigenvalue weighted by Crippen LogP contribution is -1.80. The van der Waals surface area contributed by atoms with Crippen LogP contribution in [0.4, 0.5) is 0 Å². The van der Waals surface area contributed by atoms with Crippen molar-refractivity contribution >= 4 is 0 Å². The van der Waals surface area contributed by atoms with Gasteiger partial charge < -0.3 is 10.1 Å². The fraction of sp³-hybridized carbons (Fsp3) is 0. The zero-order valence-corrected chi connectivity index (χ0v) is 7.36. The SMILES string of the molecule is N#Cc1cc(-c2ccc[nH]2)ccc1O. The van der Waals surface area contributed by atoms with Crippen LogP contribution in [-0.2, 0) is 0 Å². The first-order valence-electron chi connectivity index (χ1n) is 4.18. The lowest BCUT2D eigenvalue weighted by Gasteiger charge is -2.00. The Morgan fingerprint density at radius 1 is 1.29 bits per heavy atom. The third-order valence-corrected chi connectivity index (χ3v) is 2.03. The third-order valence-electron chi connectivity index (χ3n) is 2.03. The quantitative estimate of drug-likeness (QED) is 0.714. The standard InChI is InChI=1S/C11H8N2O/c12-7-9-6-8(3-4-11(9)14)10-2-1-5-13-10/h1-6,13-14H. The molecular formula is C11H8N2O. The Balaban J connectivity index is 2.53. The van der Waals surface area contributed by atoms with E-state index >= 15 is 0 Å². The van der Waals surface area contributed by atoms with Crippen LogP contribution in [0.15, 0.2) is 36.5 Å². The minimum absolute atomic E-state index is 0.0165. The van der Waals surface area contributed by atoms with E-state index in [1.807, 2.05) is 24.4 Å². The summed E-state index contributed by atoms with van der Waals surface area (Å²) >= 11 is 0. The van der Waals surface area contributed by atoms with Crippen molar-refractivity contribution < 1.29 is 5.11 Å². The lowest BCUT2D eigenvalue weighted by molar-refractivity contribution is 0.473. The van der Waals surface area contributed by atoms with Gasteiger partial charge in [-0.25, -0.2) is 0 Å². The summed E-state index contributed by atoms with van der Waals surface area (Å²) < 4.78 is 0. The molecule has 0 saturated carbocycles. The monoisotopic (exact) mass is 184 g/mol. The Bertz CT molecular complexity index is 480. The van der Waals surface area contributed by atoms with E-state index in [2.05, 4.69) is 4.98 Å². The largest absolute Gasteiger partial charge is 0.507 e. The van der Waals surface area contributed by atoms with Crippen LogP contribution in [0.2, 0.25) is 0 Å². The number of phenolic OH excluding ortho intramolecular Hbond substituents is 1. The zero-order valence-electron chi connectivity index (χ0n) is 7.36. The first kappa shape index (κ1) is 8.39. The Morgan fingerprint density at radius 2 is 2.14 bits per heavy atom. The number of nitriles is 1. The van der Waals surface area contributed by atoms with E-state index < -0.39 is 0 Å². The second-order valence-corrected chi connectivity index (χ2v) is 2.93. The van der Waals surface area contributed by atoms with Crippen molar-refractivity contribution in [1.82, 2.24) is 4.98 Å². The molecule has 3 nitrogen and oxygen atoms in total. The van der Waals surface area contributed by atoms with Crippen molar-refractivity contribution in [3.8, 4) is 23.1 Å². The molecule has 14 heavy (non-hydrogen) atoms. The van der Waals surface area contributed by atoms with Gasteiger partial charge in [0.15, 0.2) is 0 Å². The Labute approximate surface area is 81.2 Å². The number of aromatic hydroxyl groups is 1. The normalized spacial score (nSPS) is 9.64. The molecular weight excluding hydrogens is 176 g/mol. The summed E-state index contributed by atoms with van der Waals surface area (Å²) in [5, 5.41) is 18.0. The molecule has 0 bridgehead atoms. The molecule has 2 rings (SSSR count). The number of aromatic amines is 1. The summed E-state index contributed by atoms with van der Waals surface area (Å²) in [5.41, 5.74) is 2.11. The topological polar surface area (TPSA) is 59.8 Å². The molecule has 1 heterocycles. The maximum Gasteiger partial charge on any atom is 0.133 e. The van der Waals surface area contributed by atoms with E-state index in [4.69, 9.17) is 5.26 Å². The van der Waals surface area contributed by atoms with Gasteiger partial charge in [0.2, 0.25) is 0 Å². The summed E-state index contributed by atoms with van der Waals surface area (Å²) in [6.07, 6.45) is 1.81. The summed E-state index contributed by atoms with van der Waals surface area (Å²) in [7, 11) is 0. The molecule has 0 saturated heterocycles. The average Bonchev–Trinajstić information content (AvgIpc) is 2.71. The Kier molecular flexibility index (Phi) is 1.96. The number of nitrogens with one attached hydrogen (secondary N) is 1. The number of rotatable bonds is 1. The molecule has 2 aromatic rings. The minimum atomic E-state index is 0.0165. The van der Waals surface area contributed by atoms with E-state index in [0.29, 0.717) is 0 Å². The molecule has 0 fully saturated rings. The second kappa shape index (κ2) is 3.27. The van der Waals surface area contributed by atoms with Crippen LogP contribution < -0.4 is 0 Å². The summed E-state index contributed by atoms with van der Waals surface area (Å²) in [4.78, 5) is 3.03. The molecule has 0 aliphatic rings. The van der Waals surface area contributed by atoms with Crippen LogP contribution >= 0.6 is 0 Å². The number of benzene rings is 1. The van der Waals surface area contributed by atoms with Crippen LogP contribution in [-0.4, -0.2) is 10.1 Å². The first-order valence-corrected chi connectivity index (χ1v) is 4.18. The van der Waals surface area contributed by atoms with Gasteiger partial charge in [0.1, 0.15) is 11.8 Å². The van der Waals surface area contributed by atoms with Crippen molar-refractivity contribution in [1.29, 1.82) is 5.26 Å². The fourth-order valence-corrected chi connectivity index (χ4v) is 1.30. The van der Waals surface area contributed by atoms with Crippen molar-refractivity contribution in [3.63, 3.8) is 0 Å². The van der Waals surface area contributed by atoms with Crippen LogP contribution in [0.1, 0.15) is 5.56 Å². The van der Waals surface area contributed by atoms with Gasteiger partial charge in [-0.05, 0) is 35.9 Å². The van der Waals surface area contributed by atoms with Gasteiger partial charge in [-0.15, -0.1) is 0 Å². The third kappa shape index (κ3) is 1.34. The molecule has 2 N–H and O–H groups in total. The van der Waals surface area contributed by atoms with Crippen molar-refractivity contribution in [2.75, 3.05) is 0 Å². The van der Waals surface area contributed by atoms with Crippen molar-refractivity contribution in [2.45, 2.75) is 0 Å². The predicted octanol–water partition coefficient (Wildman–Crippen LogP) is 2.26. The van der Waals surface area contributed by atoms with E-state index in [1.54, 1.807) is 12.1 Å². The van der Waals surface area contributed by atoms with Crippen LogP contribution in [0.3, 0.4) is 0 Å². The molecule has 1 aromatic carbocycles. The number of nitrogens with zero attached hydrogens (tertiary/aromatic N) is 1. The first-order chi connectivity index (χ1) is 6.81. The molecule has 0 amide bonds. The van der Waals surface area contributed by atoms with E-state index in [9.17, 15) is 5.11 Å². The van der Waals surface area contributed by atoms with E-state index in [1.165, 1.54) is 6.07 Å². The highest BCUT2D eigenvalue weighted by Crippen LogP contribution is 2.23. The predicted molar refractivity (Wildman–Crippen MR) is 52.6 cm³/mol. The molecule has 0 spiro atoms. The number of hydrogen-bond acceptors (Lipinski definition) is 2. The molecule has 68 valence electrons. The zero-order chi connectivity index (χ0) is 9.97. The van der Waals surface area contributed by atoms with Crippen LogP contribution in [0.5, 0.6) is 5.75 Å². The molecule has 0 aliphatic heterocycles. The highest BCUT2D eigenvalue weighted by molar-refractivity contribution is 5.63. The van der Waals surface area contributed by atoms with Crippen molar-refractivity contribution in [2.24, 2.45) is 0 Å². The van der Waals surface area contributed by atoms with Gasteiger partial charge in [-0.1, -0.05) is 0 Å². The maximum atomic E-state index is 9.30. The van der Waals surface area contributed by atoms with Gasteiger partial charge >= 0.3 is 0 Å². The van der Waals surface area contributed by atoms with Gasteiger partial charge in [-0.2, -0.15) is 5.26 Å². The summed E-state index contributed by atoms with van der Waals surface area (Å²) in [6.45, 7) is 0. The highest BCUT2D eigenvalue weighted by atomic mass is 16.3. The lowest BCUT2D eigenvalue weighted by atomic mass is 10.1. The highest BCUT2D eigenvalue weighted by Gasteiger charge is 2.03. The second-order valence-electron chi connectivity index (χ2n) is 2.93. The Hall–Kier alpha value is -2.21. The smallest absolute Gasteiger partial charge is 0.133 e. The molecule has 0 aliphatic carbocycles. The molecule has 0 atom stereocenters. The van der Waals surface area contributed by atoms with E-state index in [0.717, 1.165) is 11.3 Å². The van der Waals surface area contributed by atoms with Crippen molar-refractivity contribution in [3.05, 3.63) is 42.1 Å². The minimum Gasteiger partial charge on any atom is -0.507 e. The number of hydrogen-bond donors (Lipinski definition) is 2. The number of phenols is 1. The molecule has 0 radical (unpaired) electrons. The maximum absolute atomic E-state index is 9.30. The molecule has 1 aromatic heterocycles. The van der Waals surface area contributed by atoms with Gasteiger partial charge in [0.25, 0.3) is 0 Å². The van der Waals surface area contributed by atoms with Crippen LogP contribution in [0.25, 0.3) is 11.3 Å². The van der Waals surface area contributed by atoms with Crippen LogP contribution in [0, 0.1) is 11.3 Å². The number of H-pyrrole nitrogens is 1. The summed E-state index contributed by atoms with van der Waals surface area (Å²) in [5.74, 6) is 0.0165. The summed E-state index contributed by atoms with van der Waals surface area (Å²) in [6, 6.07) is 10.7. The van der Waals surface area contributed by atoms with Gasteiger partial charge in [0, 0.05) is 11.9 Å². The van der Waals surface area contributed by atoms with Gasteiger partial charge in [-0.3, -0.25) is 0 Å². The fourth-order valence-electron chi connectivity index (χ4n) is 1.30. The molecule has 3 heteroatoms. The van der Waals surface area contributed by atoms with Gasteiger partial charge in [0.05, 0.1) is 5.56 Å². The number of aromatic nitrogens is 1. The Morgan fingerprint density at radius 3 is 2.79 bits per heavy atom. The van der Waals surface area contributed by atoms with E-state index in [-0.39, 0.29) is 11.3 Å². The average molecular weight is 184 g/mol.